The lowest BCUT2D eigenvalue weighted by Gasteiger charge is -2.17. The lowest BCUT2D eigenvalue weighted by atomic mass is 9.92. The summed E-state index contributed by atoms with van der Waals surface area (Å²) in [5.41, 5.74) is 1.35. The molecule has 1 aromatic heterocycles. The Kier molecular flexibility index (Phi) is 4.27. The molecular weight excluding hydrogens is 198 g/mol. The van der Waals surface area contributed by atoms with Crippen molar-refractivity contribution in [1.29, 1.82) is 0 Å². The van der Waals surface area contributed by atoms with Crippen LogP contribution in [0.5, 0.6) is 0 Å². The molecule has 90 valence electrons. The number of nitrogens with one attached hydrogen (secondary N) is 1. The van der Waals surface area contributed by atoms with E-state index < -0.39 is 0 Å². The molecule has 1 N–H and O–H groups in total. The monoisotopic (exact) mass is 221 g/mol. The molecule has 1 aromatic rings. The summed E-state index contributed by atoms with van der Waals surface area (Å²) < 4.78 is 0. The molecule has 16 heavy (non-hydrogen) atoms. The van der Waals surface area contributed by atoms with E-state index in [-0.39, 0.29) is 5.41 Å². The average molecular weight is 221 g/mol. The molecule has 3 heteroatoms. The van der Waals surface area contributed by atoms with Gasteiger partial charge in [-0.05, 0) is 18.8 Å². The number of aromatic nitrogens is 2. The van der Waals surface area contributed by atoms with Crippen LogP contribution in [0.2, 0.25) is 0 Å². The summed E-state index contributed by atoms with van der Waals surface area (Å²) in [5, 5.41) is 3.26. The molecule has 0 aromatic carbocycles. The van der Waals surface area contributed by atoms with Crippen LogP contribution in [0.4, 0.5) is 5.82 Å². The predicted octanol–water partition coefficient (Wildman–Crippen LogP) is 3.06. The highest BCUT2D eigenvalue weighted by Gasteiger charge is 2.14. The van der Waals surface area contributed by atoms with Gasteiger partial charge in [0.2, 0.25) is 0 Å². The second kappa shape index (κ2) is 5.28. The molecule has 0 radical (unpaired) electrons. The van der Waals surface area contributed by atoms with Gasteiger partial charge in [-0.25, -0.2) is 9.97 Å². The minimum Gasteiger partial charge on any atom is -0.370 e. The van der Waals surface area contributed by atoms with Gasteiger partial charge in [-0.15, -0.1) is 0 Å². The van der Waals surface area contributed by atoms with Gasteiger partial charge in [0.25, 0.3) is 0 Å². The van der Waals surface area contributed by atoms with Crippen LogP contribution in [0, 0.1) is 5.41 Å². The molecule has 0 spiro atoms. The average Bonchev–Trinajstić information content (AvgIpc) is 2.15. The van der Waals surface area contributed by atoms with Crippen molar-refractivity contribution in [3.63, 3.8) is 0 Å². The fourth-order valence-electron chi connectivity index (χ4n) is 1.56. The number of nitrogens with zero attached hydrogens (tertiary/aromatic N) is 2. The van der Waals surface area contributed by atoms with Crippen molar-refractivity contribution < 1.29 is 0 Å². The lowest BCUT2D eigenvalue weighted by molar-refractivity contribution is 0.400. The lowest BCUT2D eigenvalue weighted by Crippen LogP contribution is -2.14. The van der Waals surface area contributed by atoms with Crippen molar-refractivity contribution in [2.45, 2.75) is 47.5 Å². The Morgan fingerprint density at radius 1 is 1.19 bits per heavy atom. The zero-order chi connectivity index (χ0) is 12.2. The van der Waals surface area contributed by atoms with E-state index in [1.807, 2.05) is 6.07 Å². The molecule has 0 atom stereocenters. The van der Waals surface area contributed by atoms with E-state index in [0.717, 1.165) is 36.7 Å². The van der Waals surface area contributed by atoms with E-state index >= 15 is 0 Å². The van der Waals surface area contributed by atoms with E-state index in [1.54, 1.807) is 0 Å². The van der Waals surface area contributed by atoms with Crippen LogP contribution in [0.25, 0.3) is 0 Å². The van der Waals surface area contributed by atoms with Gasteiger partial charge in [-0.2, -0.15) is 0 Å². The zero-order valence-corrected chi connectivity index (χ0v) is 11.1. The molecular formula is C13H23N3. The Morgan fingerprint density at radius 2 is 1.88 bits per heavy atom. The van der Waals surface area contributed by atoms with Crippen LogP contribution < -0.4 is 5.32 Å². The second-order valence-corrected chi connectivity index (χ2v) is 5.28. The summed E-state index contributed by atoms with van der Waals surface area (Å²) in [7, 11) is 0. The third-order valence-corrected chi connectivity index (χ3v) is 2.23. The fraction of sp³-hybridized carbons (Fsp3) is 0.692. The Balaban J connectivity index is 2.95. The van der Waals surface area contributed by atoms with Crippen LogP contribution in [0.3, 0.4) is 0 Å². The molecule has 0 amide bonds. The van der Waals surface area contributed by atoms with Crippen LogP contribution >= 0.6 is 0 Å². The van der Waals surface area contributed by atoms with Gasteiger partial charge in [0.1, 0.15) is 11.6 Å². The minimum atomic E-state index is 0.232. The molecule has 0 saturated heterocycles. The summed E-state index contributed by atoms with van der Waals surface area (Å²) in [6.07, 6.45) is 1.87. The van der Waals surface area contributed by atoms with Gasteiger partial charge in [0.05, 0.1) is 0 Å². The Morgan fingerprint density at radius 3 is 2.38 bits per heavy atom. The minimum absolute atomic E-state index is 0.232. The molecule has 1 rings (SSSR count). The van der Waals surface area contributed by atoms with E-state index in [9.17, 15) is 0 Å². The fourth-order valence-corrected chi connectivity index (χ4v) is 1.56. The standard InChI is InChI=1S/C13H23N3/c1-6-10-8-11(14-7-2)16-12(15-10)9-13(3,4)5/h8H,6-7,9H2,1-5H3,(H,14,15,16). The second-order valence-electron chi connectivity index (χ2n) is 5.28. The van der Waals surface area contributed by atoms with Crippen LogP contribution in [-0.2, 0) is 12.8 Å². The quantitative estimate of drug-likeness (QED) is 0.849. The number of anilines is 1. The van der Waals surface area contributed by atoms with Crippen molar-refractivity contribution in [1.82, 2.24) is 9.97 Å². The first-order valence-corrected chi connectivity index (χ1v) is 6.05. The summed E-state index contributed by atoms with van der Waals surface area (Å²) in [6, 6.07) is 2.04. The van der Waals surface area contributed by atoms with Crippen molar-refractivity contribution in [2.24, 2.45) is 5.41 Å². The molecule has 0 saturated carbocycles. The van der Waals surface area contributed by atoms with Crippen LogP contribution in [0.1, 0.15) is 46.1 Å². The van der Waals surface area contributed by atoms with E-state index in [2.05, 4.69) is 49.9 Å². The Hall–Kier alpha value is -1.12. The Labute approximate surface area is 98.7 Å². The number of hydrogen-bond donors (Lipinski definition) is 1. The van der Waals surface area contributed by atoms with Gasteiger partial charge in [0, 0.05) is 24.7 Å². The molecule has 0 aliphatic carbocycles. The highest BCUT2D eigenvalue weighted by molar-refractivity contribution is 5.36. The first kappa shape index (κ1) is 12.9. The molecule has 3 nitrogen and oxygen atoms in total. The molecule has 0 fully saturated rings. The predicted molar refractivity (Wildman–Crippen MR) is 68.7 cm³/mol. The van der Waals surface area contributed by atoms with Gasteiger partial charge < -0.3 is 5.32 Å². The van der Waals surface area contributed by atoms with E-state index in [1.165, 1.54) is 0 Å². The molecule has 0 unspecified atom stereocenters. The summed E-state index contributed by atoms with van der Waals surface area (Å²) in [4.78, 5) is 9.10. The SMILES string of the molecule is CCNc1cc(CC)nc(CC(C)(C)C)n1. The highest BCUT2D eigenvalue weighted by atomic mass is 15.0. The first-order chi connectivity index (χ1) is 7.44. The maximum Gasteiger partial charge on any atom is 0.131 e. The van der Waals surface area contributed by atoms with Crippen LogP contribution in [-0.4, -0.2) is 16.5 Å². The van der Waals surface area contributed by atoms with Crippen molar-refractivity contribution >= 4 is 5.82 Å². The number of rotatable bonds is 4. The molecule has 1 heterocycles. The molecule has 0 aliphatic heterocycles. The van der Waals surface area contributed by atoms with Gasteiger partial charge >= 0.3 is 0 Å². The molecule has 0 aliphatic rings. The third kappa shape index (κ3) is 4.17. The maximum absolute atomic E-state index is 4.57. The van der Waals surface area contributed by atoms with Gasteiger partial charge in [0.15, 0.2) is 0 Å². The summed E-state index contributed by atoms with van der Waals surface area (Å²) in [6.45, 7) is 11.7. The van der Waals surface area contributed by atoms with Gasteiger partial charge in [-0.3, -0.25) is 0 Å². The van der Waals surface area contributed by atoms with Crippen molar-refractivity contribution in [3.8, 4) is 0 Å². The zero-order valence-electron chi connectivity index (χ0n) is 11.1. The largest absolute Gasteiger partial charge is 0.370 e. The summed E-state index contributed by atoms with van der Waals surface area (Å²) in [5.74, 6) is 1.90. The summed E-state index contributed by atoms with van der Waals surface area (Å²) >= 11 is 0. The number of aryl methyl sites for hydroxylation is 1. The topological polar surface area (TPSA) is 37.8 Å². The van der Waals surface area contributed by atoms with E-state index in [0.29, 0.717) is 0 Å². The number of hydrogen-bond acceptors (Lipinski definition) is 3. The van der Waals surface area contributed by atoms with Gasteiger partial charge in [-0.1, -0.05) is 27.7 Å². The highest BCUT2D eigenvalue weighted by Crippen LogP contribution is 2.19. The first-order valence-electron chi connectivity index (χ1n) is 6.05. The smallest absolute Gasteiger partial charge is 0.131 e. The normalized spacial score (nSPS) is 11.6. The van der Waals surface area contributed by atoms with E-state index in [4.69, 9.17) is 0 Å². The maximum atomic E-state index is 4.57. The van der Waals surface area contributed by atoms with Crippen molar-refractivity contribution in [3.05, 3.63) is 17.6 Å². The Bertz CT molecular complexity index is 340. The van der Waals surface area contributed by atoms with Crippen LogP contribution in [0.15, 0.2) is 6.07 Å². The molecule has 0 bridgehead atoms. The van der Waals surface area contributed by atoms with Crippen molar-refractivity contribution in [2.75, 3.05) is 11.9 Å². The third-order valence-electron chi connectivity index (χ3n) is 2.23.